The van der Waals surface area contributed by atoms with E-state index in [2.05, 4.69) is 32.7 Å². The van der Waals surface area contributed by atoms with Gasteiger partial charge in [0.05, 0.1) is 13.7 Å². The first-order chi connectivity index (χ1) is 14.0. The first kappa shape index (κ1) is 22.2. The Morgan fingerprint density at radius 2 is 2.03 bits per heavy atom. The molecule has 0 saturated carbocycles. The van der Waals surface area contributed by atoms with Gasteiger partial charge < -0.3 is 20.3 Å². The second kappa shape index (κ2) is 11.7. The third-order valence-electron chi connectivity index (χ3n) is 4.66. The summed E-state index contributed by atoms with van der Waals surface area (Å²) in [6.45, 7) is 3.54. The molecule has 0 radical (unpaired) electrons. The molecule has 2 aromatic rings. The smallest absolute Gasteiger partial charge is 0.241 e. The summed E-state index contributed by atoms with van der Waals surface area (Å²) in [6, 6.07) is 12.0. The highest BCUT2D eigenvalue weighted by Crippen LogP contribution is 2.18. The number of ether oxygens (including phenoxy) is 1. The number of guanidine groups is 1. The van der Waals surface area contributed by atoms with Crippen molar-refractivity contribution in [2.75, 3.05) is 40.8 Å². The molecular formula is C22H31N5O2. The van der Waals surface area contributed by atoms with E-state index in [1.807, 2.05) is 31.2 Å². The zero-order chi connectivity index (χ0) is 21.1. The molecule has 1 aromatic carbocycles. The van der Waals surface area contributed by atoms with Gasteiger partial charge in [-0.25, -0.2) is 0 Å². The average Bonchev–Trinajstić information content (AvgIpc) is 2.75. The first-order valence-corrected chi connectivity index (χ1v) is 9.75. The molecule has 7 nitrogen and oxygen atoms in total. The second-order valence-electron chi connectivity index (χ2n) is 6.79. The SMILES string of the molecule is CN=C(NCCc1ccc(C)c(OC)c1)NCC(=O)N(C)CCc1ccccn1. The van der Waals surface area contributed by atoms with Gasteiger partial charge in [-0.2, -0.15) is 0 Å². The number of hydrogen-bond acceptors (Lipinski definition) is 4. The van der Waals surface area contributed by atoms with Crippen molar-refractivity contribution >= 4 is 11.9 Å². The van der Waals surface area contributed by atoms with Crippen LogP contribution in [-0.2, 0) is 17.6 Å². The largest absolute Gasteiger partial charge is 0.496 e. The number of carbonyl (C=O) groups excluding carboxylic acids is 1. The van der Waals surface area contributed by atoms with Gasteiger partial charge in [0.15, 0.2) is 5.96 Å². The highest BCUT2D eigenvalue weighted by molar-refractivity contribution is 5.86. The van der Waals surface area contributed by atoms with E-state index in [0.29, 0.717) is 19.0 Å². The molecule has 0 aliphatic rings. The lowest BCUT2D eigenvalue weighted by Crippen LogP contribution is -2.44. The molecule has 156 valence electrons. The van der Waals surface area contributed by atoms with Gasteiger partial charge in [-0.1, -0.05) is 18.2 Å². The summed E-state index contributed by atoms with van der Waals surface area (Å²) < 4.78 is 5.37. The Kier molecular flexibility index (Phi) is 8.95. The minimum absolute atomic E-state index is 0.00662. The van der Waals surface area contributed by atoms with Crippen molar-refractivity contribution in [2.45, 2.75) is 19.8 Å². The number of hydrogen-bond donors (Lipinski definition) is 2. The number of pyridine rings is 1. The Morgan fingerprint density at radius 1 is 1.21 bits per heavy atom. The molecule has 0 unspecified atom stereocenters. The zero-order valence-electron chi connectivity index (χ0n) is 17.7. The van der Waals surface area contributed by atoms with E-state index in [9.17, 15) is 4.79 Å². The zero-order valence-corrected chi connectivity index (χ0v) is 17.7. The molecule has 2 rings (SSSR count). The number of benzene rings is 1. The highest BCUT2D eigenvalue weighted by Gasteiger charge is 2.10. The van der Waals surface area contributed by atoms with Gasteiger partial charge in [0.25, 0.3) is 0 Å². The monoisotopic (exact) mass is 397 g/mol. The van der Waals surface area contributed by atoms with Gasteiger partial charge in [-0.05, 0) is 42.7 Å². The molecule has 2 N–H and O–H groups in total. The maximum atomic E-state index is 12.3. The van der Waals surface area contributed by atoms with Crippen LogP contribution in [0.3, 0.4) is 0 Å². The van der Waals surface area contributed by atoms with E-state index in [0.717, 1.165) is 29.8 Å². The van der Waals surface area contributed by atoms with Gasteiger partial charge in [0.2, 0.25) is 5.91 Å². The van der Waals surface area contributed by atoms with Crippen LogP contribution < -0.4 is 15.4 Å². The predicted octanol–water partition coefficient (Wildman–Crippen LogP) is 1.81. The minimum Gasteiger partial charge on any atom is -0.496 e. The maximum Gasteiger partial charge on any atom is 0.241 e. The maximum absolute atomic E-state index is 12.3. The molecule has 7 heteroatoms. The fourth-order valence-electron chi connectivity index (χ4n) is 2.81. The number of likely N-dealkylation sites (N-methyl/N-ethyl adjacent to an activating group) is 1. The molecule has 0 atom stereocenters. The molecule has 29 heavy (non-hydrogen) atoms. The van der Waals surface area contributed by atoms with Crippen LogP contribution in [0.2, 0.25) is 0 Å². The number of nitrogens with one attached hydrogen (secondary N) is 2. The highest BCUT2D eigenvalue weighted by atomic mass is 16.5. The number of carbonyl (C=O) groups is 1. The first-order valence-electron chi connectivity index (χ1n) is 9.75. The van der Waals surface area contributed by atoms with E-state index in [1.165, 1.54) is 5.56 Å². The predicted molar refractivity (Wildman–Crippen MR) is 116 cm³/mol. The summed E-state index contributed by atoms with van der Waals surface area (Å²) in [5.41, 5.74) is 3.28. The van der Waals surface area contributed by atoms with Gasteiger partial charge in [-0.3, -0.25) is 14.8 Å². The summed E-state index contributed by atoms with van der Waals surface area (Å²) in [7, 11) is 5.17. The van der Waals surface area contributed by atoms with Crippen LogP contribution in [-0.4, -0.2) is 62.6 Å². The second-order valence-corrected chi connectivity index (χ2v) is 6.79. The van der Waals surface area contributed by atoms with E-state index in [4.69, 9.17) is 4.74 Å². The van der Waals surface area contributed by atoms with E-state index in [-0.39, 0.29) is 12.5 Å². The third-order valence-corrected chi connectivity index (χ3v) is 4.66. The third kappa shape index (κ3) is 7.44. The number of aromatic nitrogens is 1. The fourth-order valence-corrected chi connectivity index (χ4v) is 2.81. The Morgan fingerprint density at radius 3 is 2.72 bits per heavy atom. The molecule has 0 aliphatic heterocycles. The Balaban J connectivity index is 1.71. The van der Waals surface area contributed by atoms with Crippen molar-refractivity contribution in [3.63, 3.8) is 0 Å². The minimum atomic E-state index is 0.00662. The van der Waals surface area contributed by atoms with Crippen LogP contribution in [0.25, 0.3) is 0 Å². The number of amides is 1. The lowest BCUT2D eigenvalue weighted by molar-refractivity contribution is -0.128. The molecule has 1 amide bonds. The summed E-state index contributed by atoms with van der Waals surface area (Å²) in [6.07, 6.45) is 3.33. The molecule has 0 aliphatic carbocycles. The molecular weight excluding hydrogens is 366 g/mol. The summed E-state index contributed by atoms with van der Waals surface area (Å²) in [4.78, 5) is 22.5. The summed E-state index contributed by atoms with van der Waals surface area (Å²) in [5, 5.41) is 6.31. The van der Waals surface area contributed by atoms with E-state index < -0.39 is 0 Å². The van der Waals surface area contributed by atoms with Crippen LogP contribution in [0, 0.1) is 6.92 Å². The molecule has 1 aromatic heterocycles. The number of rotatable bonds is 9. The standard InChI is InChI=1S/C22H31N5O2/c1-17-8-9-18(15-20(17)29-4)10-13-25-22(23-2)26-16-21(28)27(3)14-11-19-7-5-6-12-24-19/h5-9,12,15H,10-11,13-14,16H2,1-4H3,(H2,23,25,26). The lowest BCUT2D eigenvalue weighted by atomic mass is 10.1. The van der Waals surface area contributed by atoms with Crippen LogP contribution in [0.5, 0.6) is 5.75 Å². The Labute approximate surface area is 173 Å². The van der Waals surface area contributed by atoms with Crippen LogP contribution in [0.1, 0.15) is 16.8 Å². The van der Waals surface area contributed by atoms with Gasteiger partial charge in [-0.15, -0.1) is 0 Å². The van der Waals surface area contributed by atoms with Crippen LogP contribution in [0.15, 0.2) is 47.6 Å². The average molecular weight is 398 g/mol. The summed E-state index contributed by atoms with van der Waals surface area (Å²) in [5.74, 6) is 1.51. The number of aliphatic imine (C=N–C) groups is 1. The quantitative estimate of drug-likeness (QED) is 0.498. The molecule has 0 spiro atoms. The summed E-state index contributed by atoms with van der Waals surface area (Å²) >= 11 is 0. The van der Waals surface area contributed by atoms with Crippen LogP contribution >= 0.6 is 0 Å². The van der Waals surface area contributed by atoms with Gasteiger partial charge in [0, 0.05) is 45.5 Å². The topological polar surface area (TPSA) is 78.9 Å². The van der Waals surface area contributed by atoms with Crippen LogP contribution in [0.4, 0.5) is 0 Å². The number of aryl methyl sites for hydroxylation is 1. The van der Waals surface area contributed by atoms with E-state index >= 15 is 0 Å². The number of methoxy groups -OCH3 is 1. The van der Waals surface area contributed by atoms with Crippen molar-refractivity contribution < 1.29 is 9.53 Å². The molecule has 0 bridgehead atoms. The van der Waals surface area contributed by atoms with Crippen molar-refractivity contribution in [1.82, 2.24) is 20.5 Å². The van der Waals surface area contributed by atoms with E-state index in [1.54, 1.807) is 32.3 Å². The lowest BCUT2D eigenvalue weighted by Gasteiger charge is -2.18. The number of nitrogens with zero attached hydrogens (tertiary/aromatic N) is 3. The van der Waals surface area contributed by atoms with Crippen molar-refractivity contribution in [3.8, 4) is 5.75 Å². The Hall–Kier alpha value is -3.09. The van der Waals surface area contributed by atoms with Crippen molar-refractivity contribution in [1.29, 1.82) is 0 Å². The molecule has 0 saturated heterocycles. The Bertz CT molecular complexity index is 808. The van der Waals surface area contributed by atoms with Gasteiger partial charge >= 0.3 is 0 Å². The van der Waals surface area contributed by atoms with Crippen molar-refractivity contribution in [3.05, 3.63) is 59.4 Å². The van der Waals surface area contributed by atoms with Crippen molar-refractivity contribution in [2.24, 2.45) is 4.99 Å². The normalized spacial score (nSPS) is 11.1. The fraction of sp³-hybridized carbons (Fsp3) is 0.409. The van der Waals surface area contributed by atoms with Gasteiger partial charge in [0.1, 0.15) is 5.75 Å². The molecule has 1 heterocycles. The molecule has 0 fully saturated rings.